The molecule has 1 saturated heterocycles. The molecule has 1 aromatic heterocycles. The third-order valence-corrected chi connectivity index (χ3v) is 3.97. The molecule has 1 amide bonds. The Bertz CT molecular complexity index is 853. The van der Waals surface area contributed by atoms with E-state index in [9.17, 15) is 18.4 Å². The number of morpholine rings is 1. The smallest absolute Gasteiger partial charge is 0.251 e. The van der Waals surface area contributed by atoms with Gasteiger partial charge in [0.15, 0.2) is 11.6 Å². The van der Waals surface area contributed by atoms with Crippen molar-refractivity contribution in [1.29, 1.82) is 0 Å². The van der Waals surface area contributed by atoms with Crippen LogP contribution in [0.4, 0.5) is 8.78 Å². The zero-order valence-electron chi connectivity index (χ0n) is 13.6. The van der Waals surface area contributed by atoms with Crippen molar-refractivity contribution in [2.24, 2.45) is 0 Å². The number of nitrogens with zero attached hydrogens (tertiary/aromatic N) is 2. The Balaban J connectivity index is 1.70. The van der Waals surface area contributed by atoms with E-state index in [2.05, 4.69) is 9.97 Å². The first-order chi connectivity index (χ1) is 11.9. The zero-order chi connectivity index (χ0) is 18.0. The van der Waals surface area contributed by atoms with Crippen molar-refractivity contribution in [3.63, 3.8) is 0 Å². The van der Waals surface area contributed by atoms with Crippen molar-refractivity contribution in [2.45, 2.75) is 19.4 Å². The van der Waals surface area contributed by atoms with Crippen LogP contribution in [-0.4, -0.2) is 40.5 Å². The fourth-order valence-corrected chi connectivity index (χ4v) is 2.76. The van der Waals surface area contributed by atoms with E-state index in [1.165, 1.54) is 12.1 Å². The first-order valence-electron chi connectivity index (χ1n) is 7.83. The third kappa shape index (κ3) is 4.08. The van der Waals surface area contributed by atoms with Gasteiger partial charge in [-0.15, -0.1) is 0 Å². The molecule has 0 aliphatic carbocycles. The van der Waals surface area contributed by atoms with E-state index in [4.69, 9.17) is 4.74 Å². The number of carbonyl (C=O) groups is 1. The second-order valence-corrected chi connectivity index (χ2v) is 5.88. The summed E-state index contributed by atoms with van der Waals surface area (Å²) in [4.78, 5) is 32.4. The summed E-state index contributed by atoms with van der Waals surface area (Å²) in [6, 6.07) is 4.76. The van der Waals surface area contributed by atoms with Crippen LogP contribution < -0.4 is 5.56 Å². The topological polar surface area (TPSA) is 75.3 Å². The molecule has 132 valence electrons. The molecule has 1 fully saturated rings. The molecule has 0 saturated carbocycles. The highest BCUT2D eigenvalue weighted by Crippen LogP contribution is 2.20. The molecule has 1 aromatic carbocycles. The van der Waals surface area contributed by atoms with Crippen molar-refractivity contribution in [3.05, 3.63) is 63.3 Å². The number of aromatic nitrogens is 2. The Hall–Kier alpha value is -2.61. The summed E-state index contributed by atoms with van der Waals surface area (Å²) >= 11 is 0. The predicted octanol–water partition coefficient (Wildman–Crippen LogP) is 1.50. The fraction of sp³-hybridized carbons (Fsp3) is 0.353. The molecule has 1 aliphatic rings. The van der Waals surface area contributed by atoms with Crippen LogP contribution in [0.25, 0.3) is 0 Å². The molecule has 2 aromatic rings. The first kappa shape index (κ1) is 17.2. The Labute approximate surface area is 142 Å². The van der Waals surface area contributed by atoms with Crippen LogP contribution in [0, 0.1) is 18.6 Å². The molecule has 6 nitrogen and oxygen atoms in total. The van der Waals surface area contributed by atoms with Gasteiger partial charge in [0, 0.05) is 12.6 Å². The molecular formula is C17H17F2N3O3. The van der Waals surface area contributed by atoms with Crippen LogP contribution in [0.5, 0.6) is 0 Å². The lowest BCUT2D eigenvalue weighted by atomic mass is 10.1. The van der Waals surface area contributed by atoms with Crippen LogP contribution in [-0.2, 0) is 16.0 Å². The zero-order valence-corrected chi connectivity index (χ0v) is 13.6. The Morgan fingerprint density at radius 1 is 1.36 bits per heavy atom. The number of ether oxygens (including phenoxy) is 1. The number of carbonyl (C=O) groups excluding carboxylic acids is 1. The Kier molecular flexibility index (Phi) is 4.89. The average molecular weight is 349 g/mol. The maximum absolute atomic E-state index is 13.3. The highest BCUT2D eigenvalue weighted by Gasteiger charge is 2.27. The highest BCUT2D eigenvalue weighted by atomic mass is 19.2. The fourth-order valence-electron chi connectivity index (χ4n) is 2.76. The standard InChI is InChI=1S/C17H17F2N3O3/c1-10-20-14(8-16(23)21-10)15-9-22(4-5-25-15)17(24)7-11-2-3-12(18)13(19)6-11/h2-3,6,8,15H,4-5,7,9H2,1H3,(H,20,21,23). The number of aromatic amines is 1. The summed E-state index contributed by atoms with van der Waals surface area (Å²) in [6.45, 7) is 2.61. The molecule has 1 unspecified atom stereocenters. The van der Waals surface area contributed by atoms with Gasteiger partial charge in [-0.1, -0.05) is 6.07 Å². The lowest BCUT2D eigenvalue weighted by Gasteiger charge is -2.32. The van der Waals surface area contributed by atoms with Crippen LogP contribution >= 0.6 is 0 Å². The van der Waals surface area contributed by atoms with Gasteiger partial charge in [-0.25, -0.2) is 13.8 Å². The summed E-state index contributed by atoms with van der Waals surface area (Å²) in [5.41, 5.74) is 0.583. The normalized spacial score (nSPS) is 17.6. The largest absolute Gasteiger partial charge is 0.368 e. The van der Waals surface area contributed by atoms with Gasteiger partial charge in [-0.05, 0) is 24.6 Å². The van der Waals surface area contributed by atoms with Crippen LogP contribution in [0.2, 0.25) is 0 Å². The predicted molar refractivity (Wildman–Crippen MR) is 84.9 cm³/mol. The number of aryl methyl sites for hydroxylation is 1. The number of benzene rings is 1. The minimum atomic E-state index is -0.978. The van der Waals surface area contributed by atoms with Crippen molar-refractivity contribution >= 4 is 5.91 Å². The third-order valence-electron chi connectivity index (χ3n) is 3.97. The summed E-state index contributed by atoms with van der Waals surface area (Å²) in [5, 5.41) is 0. The number of amides is 1. The van der Waals surface area contributed by atoms with E-state index in [1.807, 2.05) is 0 Å². The molecule has 1 atom stereocenters. The van der Waals surface area contributed by atoms with Gasteiger partial charge in [0.1, 0.15) is 11.9 Å². The van der Waals surface area contributed by atoms with Gasteiger partial charge >= 0.3 is 0 Å². The second-order valence-electron chi connectivity index (χ2n) is 5.88. The van der Waals surface area contributed by atoms with Gasteiger partial charge in [0.05, 0.1) is 25.3 Å². The molecule has 3 rings (SSSR count). The van der Waals surface area contributed by atoms with Crippen molar-refractivity contribution in [2.75, 3.05) is 19.7 Å². The monoisotopic (exact) mass is 349 g/mol. The van der Waals surface area contributed by atoms with Gasteiger partial charge in [0.2, 0.25) is 5.91 Å². The number of hydrogen-bond acceptors (Lipinski definition) is 4. The SMILES string of the molecule is Cc1nc(C2CN(C(=O)Cc3ccc(F)c(F)c3)CCO2)cc(=O)[nH]1. The Morgan fingerprint density at radius 3 is 2.88 bits per heavy atom. The number of halogens is 2. The molecular weight excluding hydrogens is 332 g/mol. The number of H-pyrrole nitrogens is 1. The summed E-state index contributed by atoms with van der Waals surface area (Å²) in [6.07, 6.45) is -0.533. The minimum absolute atomic E-state index is 0.0360. The summed E-state index contributed by atoms with van der Waals surface area (Å²) in [7, 11) is 0. The molecule has 0 spiro atoms. The number of hydrogen-bond donors (Lipinski definition) is 1. The lowest BCUT2D eigenvalue weighted by Crippen LogP contribution is -2.43. The Morgan fingerprint density at radius 2 is 2.16 bits per heavy atom. The van der Waals surface area contributed by atoms with Gasteiger partial charge < -0.3 is 14.6 Å². The van der Waals surface area contributed by atoms with Crippen molar-refractivity contribution in [1.82, 2.24) is 14.9 Å². The van der Waals surface area contributed by atoms with Gasteiger partial charge in [-0.2, -0.15) is 0 Å². The first-order valence-corrected chi connectivity index (χ1v) is 7.83. The molecule has 2 heterocycles. The maximum atomic E-state index is 13.3. The number of rotatable bonds is 3. The lowest BCUT2D eigenvalue weighted by molar-refractivity contribution is -0.138. The van der Waals surface area contributed by atoms with E-state index in [0.717, 1.165) is 12.1 Å². The molecule has 0 radical (unpaired) electrons. The highest BCUT2D eigenvalue weighted by molar-refractivity contribution is 5.78. The van der Waals surface area contributed by atoms with Crippen molar-refractivity contribution in [3.8, 4) is 0 Å². The van der Waals surface area contributed by atoms with Gasteiger partial charge in [-0.3, -0.25) is 9.59 Å². The minimum Gasteiger partial charge on any atom is -0.368 e. The van der Waals surface area contributed by atoms with E-state index in [0.29, 0.717) is 30.2 Å². The summed E-state index contributed by atoms with van der Waals surface area (Å²) < 4.78 is 31.9. The van der Waals surface area contributed by atoms with E-state index >= 15 is 0 Å². The molecule has 0 bridgehead atoms. The quantitative estimate of drug-likeness (QED) is 0.911. The van der Waals surface area contributed by atoms with E-state index in [1.54, 1.807) is 11.8 Å². The van der Waals surface area contributed by atoms with Crippen LogP contribution in [0.3, 0.4) is 0 Å². The van der Waals surface area contributed by atoms with Gasteiger partial charge in [0.25, 0.3) is 5.56 Å². The second kappa shape index (κ2) is 7.10. The maximum Gasteiger partial charge on any atom is 0.251 e. The van der Waals surface area contributed by atoms with Crippen LogP contribution in [0.15, 0.2) is 29.1 Å². The molecule has 8 heteroatoms. The molecule has 1 N–H and O–H groups in total. The van der Waals surface area contributed by atoms with E-state index < -0.39 is 17.7 Å². The average Bonchev–Trinajstić information content (AvgIpc) is 2.57. The van der Waals surface area contributed by atoms with E-state index in [-0.39, 0.29) is 24.4 Å². The van der Waals surface area contributed by atoms with Crippen molar-refractivity contribution < 1.29 is 18.3 Å². The summed E-state index contributed by atoms with van der Waals surface area (Å²) in [5.74, 6) is -1.68. The number of nitrogens with one attached hydrogen (secondary N) is 1. The molecule has 1 aliphatic heterocycles. The van der Waals surface area contributed by atoms with Crippen LogP contribution in [0.1, 0.15) is 23.2 Å². The molecule has 25 heavy (non-hydrogen) atoms.